The molecule has 3 nitrogen and oxygen atoms in total. The highest BCUT2D eigenvalue weighted by Crippen LogP contribution is 2.22. The summed E-state index contributed by atoms with van der Waals surface area (Å²) in [5.74, 6) is 1.67. The van der Waals surface area contributed by atoms with Crippen LogP contribution >= 0.6 is 0 Å². The van der Waals surface area contributed by atoms with Gasteiger partial charge in [0, 0.05) is 12.6 Å². The molecule has 16 heavy (non-hydrogen) atoms. The van der Waals surface area contributed by atoms with E-state index in [1.54, 1.807) is 0 Å². The van der Waals surface area contributed by atoms with Gasteiger partial charge in [0.15, 0.2) is 0 Å². The van der Waals surface area contributed by atoms with Gasteiger partial charge < -0.3 is 9.32 Å². The van der Waals surface area contributed by atoms with Gasteiger partial charge in [-0.3, -0.25) is 4.79 Å². The van der Waals surface area contributed by atoms with E-state index in [0.717, 1.165) is 36.5 Å². The molecule has 88 valence electrons. The van der Waals surface area contributed by atoms with Crippen LogP contribution in [0.3, 0.4) is 0 Å². The summed E-state index contributed by atoms with van der Waals surface area (Å²) in [4.78, 5) is 14.3. The second kappa shape index (κ2) is 4.32. The van der Waals surface area contributed by atoms with E-state index < -0.39 is 0 Å². The highest BCUT2D eigenvalue weighted by atomic mass is 16.3. The Bertz CT molecular complexity index is 395. The summed E-state index contributed by atoms with van der Waals surface area (Å²) in [7, 11) is 0. The van der Waals surface area contributed by atoms with Crippen molar-refractivity contribution in [1.82, 2.24) is 4.90 Å². The third-order valence-electron chi connectivity index (χ3n) is 3.34. The lowest BCUT2D eigenvalue weighted by Crippen LogP contribution is -2.42. The maximum atomic E-state index is 12.3. The maximum absolute atomic E-state index is 12.3. The predicted molar refractivity (Wildman–Crippen MR) is 62.5 cm³/mol. The van der Waals surface area contributed by atoms with Gasteiger partial charge in [-0.05, 0) is 46.1 Å². The van der Waals surface area contributed by atoms with Crippen LogP contribution in [0.1, 0.15) is 48.1 Å². The van der Waals surface area contributed by atoms with Crippen molar-refractivity contribution in [2.75, 3.05) is 6.54 Å². The number of aryl methyl sites for hydroxylation is 2. The van der Waals surface area contributed by atoms with Crippen LogP contribution in [0.15, 0.2) is 10.5 Å². The van der Waals surface area contributed by atoms with Crippen LogP contribution in [-0.4, -0.2) is 23.4 Å². The van der Waals surface area contributed by atoms with Gasteiger partial charge in [-0.2, -0.15) is 0 Å². The van der Waals surface area contributed by atoms with Crippen molar-refractivity contribution in [3.05, 3.63) is 23.2 Å². The smallest absolute Gasteiger partial charge is 0.257 e. The zero-order valence-corrected chi connectivity index (χ0v) is 10.2. The summed E-state index contributed by atoms with van der Waals surface area (Å²) in [5.41, 5.74) is 0.728. The molecule has 0 bridgehead atoms. The van der Waals surface area contributed by atoms with Crippen molar-refractivity contribution in [2.24, 2.45) is 0 Å². The Balaban J connectivity index is 2.21. The summed E-state index contributed by atoms with van der Waals surface area (Å²) in [6.07, 6.45) is 3.46. The van der Waals surface area contributed by atoms with E-state index in [2.05, 4.69) is 6.92 Å². The zero-order chi connectivity index (χ0) is 11.7. The number of likely N-dealkylation sites (tertiary alicyclic amines) is 1. The zero-order valence-electron chi connectivity index (χ0n) is 10.2. The minimum absolute atomic E-state index is 0.126. The fraction of sp³-hybridized carbons (Fsp3) is 0.615. The first-order chi connectivity index (χ1) is 7.59. The van der Waals surface area contributed by atoms with Crippen LogP contribution in [0.2, 0.25) is 0 Å². The van der Waals surface area contributed by atoms with Crippen molar-refractivity contribution >= 4 is 5.91 Å². The summed E-state index contributed by atoms with van der Waals surface area (Å²) >= 11 is 0. The van der Waals surface area contributed by atoms with E-state index in [1.165, 1.54) is 6.42 Å². The maximum Gasteiger partial charge on any atom is 0.257 e. The molecule has 0 saturated carbocycles. The van der Waals surface area contributed by atoms with Crippen molar-refractivity contribution < 1.29 is 9.21 Å². The van der Waals surface area contributed by atoms with Gasteiger partial charge in [0.05, 0.1) is 5.56 Å². The molecule has 1 aliphatic heterocycles. The number of hydrogen-bond donors (Lipinski definition) is 0. The molecule has 1 aromatic heterocycles. The third-order valence-corrected chi connectivity index (χ3v) is 3.34. The van der Waals surface area contributed by atoms with Gasteiger partial charge in [0.1, 0.15) is 11.5 Å². The molecule has 2 heterocycles. The average molecular weight is 221 g/mol. The molecule has 2 rings (SSSR count). The van der Waals surface area contributed by atoms with Crippen LogP contribution in [0.25, 0.3) is 0 Å². The van der Waals surface area contributed by atoms with Crippen LogP contribution in [0.4, 0.5) is 0 Å². The number of piperidine rings is 1. The van der Waals surface area contributed by atoms with Gasteiger partial charge in [0.2, 0.25) is 0 Å². The van der Waals surface area contributed by atoms with Gasteiger partial charge in [0.25, 0.3) is 5.91 Å². The van der Waals surface area contributed by atoms with Gasteiger partial charge in [-0.15, -0.1) is 0 Å². The Morgan fingerprint density at radius 3 is 2.75 bits per heavy atom. The number of furan rings is 1. The standard InChI is InChI=1S/C13H19NO2/c1-9-6-4-5-7-14(9)13(15)12-8-10(2)16-11(12)3/h8-9H,4-7H2,1-3H3/t9-/m1/s1. The van der Waals surface area contributed by atoms with E-state index in [4.69, 9.17) is 4.42 Å². The van der Waals surface area contributed by atoms with Crippen LogP contribution in [-0.2, 0) is 0 Å². The molecular formula is C13H19NO2. The molecule has 0 aliphatic carbocycles. The quantitative estimate of drug-likeness (QED) is 0.730. The van der Waals surface area contributed by atoms with Crippen LogP contribution < -0.4 is 0 Å². The summed E-state index contributed by atoms with van der Waals surface area (Å²) in [5, 5.41) is 0. The number of nitrogens with zero attached hydrogens (tertiary/aromatic N) is 1. The Hall–Kier alpha value is -1.25. The molecule has 1 aliphatic rings. The van der Waals surface area contributed by atoms with E-state index in [0.29, 0.717) is 6.04 Å². The molecule has 1 amide bonds. The Morgan fingerprint density at radius 1 is 1.44 bits per heavy atom. The van der Waals surface area contributed by atoms with Gasteiger partial charge >= 0.3 is 0 Å². The van der Waals surface area contributed by atoms with Crippen LogP contribution in [0.5, 0.6) is 0 Å². The molecule has 3 heteroatoms. The second-order valence-corrected chi connectivity index (χ2v) is 4.67. The van der Waals surface area contributed by atoms with E-state index in [1.807, 2.05) is 24.8 Å². The molecule has 1 fully saturated rings. The summed E-state index contributed by atoms with van der Waals surface area (Å²) < 4.78 is 5.41. The molecule has 0 radical (unpaired) electrons. The fourth-order valence-electron chi connectivity index (χ4n) is 2.40. The van der Waals surface area contributed by atoms with E-state index in [9.17, 15) is 4.79 Å². The number of carbonyl (C=O) groups excluding carboxylic acids is 1. The topological polar surface area (TPSA) is 33.5 Å². The Kier molecular flexibility index (Phi) is 3.03. The number of hydrogen-bond acceptors (Lipinski definition) is 2. The molecule has 1 saturated heterocycles. The monoisotopic (exact) mass is 221 g/mol. The van der Waals surface area contributed by atoms with E-state index in [-0.39, 0.29) is 5.91 Å². The first-order valence-corrected chi connectivity index (χ1v) is 5.97. The SMILES string of the molecule is Cc1cc(C(=O)N2CCCC[C@H]2C)c(C)o1. The van der Waals surface area contributed by atoms with Crippen molar-refractivity contribution in [3.8, 4) is 0 Å². The molecule has 1 aromatic rings. The van der Waals surface area contributed by atoms with Crippen molar-refractivity contribution in [3.63, 3.8) is 0 Å². The van der Waals surface area contributed by atoms with Crippen molar-refractivity contribution in [1.29, 1.82) is 0 Å². The Labute approximate surface area is 96.4 Å². The molecule has 0 aromatic carbocycles. The highest BCUT2D eigenvalue weighted by molar-refractivity contribution is 5.95. The predicted octanol–water partition coefficient (Wildman–Crippen LogP) is 2.91. The first kappa shape index (κ1) is 11.2. The van der Waals surface area contributed by atoms with Crippen molar-refractivity contribution in [2.45, 2.75) is 46.1 Å². The molecular weight excluding hydrogens is 202 g/mol. The number of rotatable bonds is 1. The van der Waals surface area contributed by atoms with Crippen LogP contribution in [0, 0.1) is 13.8 Å². The van der Waals surface area contributed by atoms with E-state index >= 15 is 0 Å². The minimum atomic E-state index is 0.126. The summed E-state index contributed by atoms with van der Waals surface area (Å²) in [6.45, 7) is 6.74. The molecule has 0 spiro atoms. The second-order valence-electron chi connectivity index (χ2n) is 4.67. The average Bonchev–Trinajstić information content (AvgIpc) is 2.58. The highest BCUT2D eigenvalue weighted by Gasteiger charge is 2.26. The lowest BCUT2D eigenvalue weighted by molar-refractivity contribution is 0.0634. The number of amides is 1. The fourth-order valence-corrected chi connectivity index (χ4v) is 2.40. The number of carbonyl (C=O) groups is 1. The normalized spacial score (nSPS) is 21.2. The van der Waals surface area contributed by atoms with Gasteiger partial charge in [-0.1, -0.05) is 0 Å². The molecule has 1 atom stereocenters. The lowest BCUT2D eigenvalue weighted by atomic mass is 10.0. The molecule has 0 N–H and O–H groups in total. The largest absolute Gasteiger partial charge is 0.466 e. The lowest BCUT2D eigenvalue weighted by Gasteiger charge is -2.33. The third kappa shape index (κ3) is 1.99. The Morgan fingerprint density at radius 2 is 2.19 bits per heavy atom. The first-order valence-electron chi connectivity index (χ1n) is 5.97. The minimum Gasteiger partial charge on any atom is -0.466 e. The van der Waals surface area contributed by atoms with Gasteiger partial charge in [-0.25, -0.2) is 0 Å². The molecule has 0 unspecified atom stereocenters. The summed E-state index contributed by atoms with van der Waals surface area (Å²) in [6, 6.07) is 2.20.